The van der Waals surface area contributed by atoms with E-state index in [9.17, 15) is 9.59 Å². The van der Waals surface area contributed by atoms with Crippen LogP contribution in [-0.4, -0.2) is 18.4 Å². The highest BCUT2D eigenvalue weighted by Gasteiger charge is 2.27. The molecule has 3 N–H and O–H groups in total. The SMILES string of the molecule is O=C(CNCc1ccccc1)Nc1sc2c(c1C(=O)Nc1cccc(Cl)c1)CCC2. The van der Waals surface area contributed by atoms with Crippen molar-refractivity contribution in [2.45, 2.75) is 25.8 Å². The summed E-state index contributed by atoms with van der Waals surface area (Å²) in [5, 5.41) is 10.2. The van der Waals surface area contributed by atoms with Crippen molar-refractivity contribution >= 4 is 45.4 Å². The summed E-state index contributed by atoms with van der Waals surface area (Å²) >= 11 is 7.53. The van der Waals surface area contributed by atoms with E-state index in [4.69, 9.17) is 11.6 Å². The van der Waals surface area contributed by atoms with Gasteiger partial charge in [-0.25, -0.2) is 0 Å². The van der Waals surface area contributed by atoms with Crippen LogP contribution in [0.2, 0.25) is 5.02 Å². The molecule has 30 heavy (non-hydrogen) atoms. The normalized spacial score (nSPS) is 12.4. The number of hydrogen-bond acceptors (Lipinski definition) is 4. The van der Waals surface area contributed by atoms with Crippen molar-refractivity contribution in [2.75, 3.05) is 17.2 Å². The number of benzene rings is 2. The molecular formula is C23H22ClN3O2S. The van der Waals surface area contributed by atoms with Gasteiger partial charge in [-0.05, 0) is 48.6 Å². The van der Waals surface area contributed by atoms with Crippen LogP contribution in [0.25, 0.3) is 0 Å². The van der Waals surface area contributed by atoms with E-state index >= 15 is 0 Å². The maximum atomic E-state index is 13.0. The summed E-state index contributed by atoms with van der Waals surface area (Å²) in [5.41, 5.74) is 3.37. The molecule has 0 radical (unpaired) electrons. The first-order valence-electron chi connectivity index (χ1n) is 9.86. The van der Waals surface area contributed by atoms with Crippen LogP contribution in [0, 0.1) is 0 Å². The van der Waals surface area contributed by atoms with Crippen LogP contribution >= 0.6 is 22.9 Å². The zero-order valence-electron chi connectivity index (χ0n) is 16.3. The Balaban J connectivity index is 1.44. The fourth-order valence-electron chi connectivity index (χ4n) is 3.58. The minimum atomic E-state index is -0.218. The Kier molecular flexibility index (Phi) is 6.47. The molecule has 7 heteroatoms. The molecule has 0 atom stereocenters. The average molecular weight is 440 g/mol. The summed E-state index contributed by atoms with van der Waals surface area (Å²) in [6.45, 7) is 0.782. The Morgan fingerprint density at radius 1 is 1.00 bits per heavy atom. The first-order valence-corrected chi connectivity index (χ1v) is 11.1. The number of thiophene rings is 1. The van der Waals surface area contributed by atoms with Crippen LogP contribution in [-0.2, 0) is 24.2 Å². The molecule has 4 rings (SSSR count). The first-order chi connectivity index (χ1) is 14.6. The second-order valence-electron chi connectivity index (χ2n) is 7.16. The molecule has 0 saturated carbocycles. The topological polar surface area (TPSA) is 70.2 Å². The number of carbonyl (C=O) groups excluding carboxylic acids is 2. The van der Waals surface area contributed by atoms with Crippen molar-refractivity contribution < 1.29 is 9.59 Å². The lowest BCUT2D eigenvalue weighted by Gasteiger charge is -2.10. The molecule has 0 aliphatic heterocycles. The van der Waals surface area contributed by atoms with Gasteiger partial charge in [-0.1, -0.05) is 48.0 Å². The van der Waals surface area contributed by atoms with Gasteiger partial charge in [0.15, 0.2) is 0 Å². The molecule has 2 aromatic carbocycles. The molecule has 154 valence electrons. The van der Waals surface area contributed by atoms with E-state index in [-0.39, 0.29) is 18.4 Å². The molecule has 1 aliphatic rings. The molecule has 0 saturated heterocycles. The summed E-state index contributed by atoms with van der Waals surface area (Å²) in [4.78, 5) is 26.7. The molecule has 0 spiro atoms. The molecule has 0 bridgehead atoms. The highest BCUT2D eigenvalue weighted by atomic mass is 35.5. The zero-order valence-corrected chi connectivity index (χ0v) is 17.9. The fraction of sp³-hybridized carbons (Fsp3) is 0.217. The smallest absolute Gasteiger partial charge is 0.258 e. The van der Waals surface area contributed by atoms with Gasteiger partial charge in [-0.3, -0.25) is 9.59 Å². The largest absolute Gasteiger partial charge is 0.322 e. The van der Waals surface area contributed by atoms with E-state index in [1.54, 1.807) is 24.3 Å². The molecule has 1 aromatic heterocycles. The summed E-state index contributed by atoms with van der Waals surface area (Å²) < 4.78 is 0. The fourth-order valence-corrected chi connectivity index (χ4v) is 5.07. The third kappa shape index (κ3) is 4.90. The van der Waals surface area contributed by atoms with Crippen molar-refractivity contribution in [1.29, 1.82) is 0 Å². The third-order valence-electron chi connectivity index (χ3n) is 4.94. The standard InChI is InChI=1S/C23H22ClN3O2S/c24-16-8-4-9-17(12-16)26-22(29)21-18-10-5-11-19(18)30-23(21)27-20(28)14-25-13-15-6-2-1-3-7-15/h1-4,6-9,12,25H,5,10-11,13-14H2,(H,26,29)(H,27,28). The predicted octanol–water partition coefficient (Wildman–Crippen LogP) is 4.87. The maximum Gasteiger partial charge on any atom is 0.258 e. The lowest BCUT2D eigenvalue weighted by Crippen LogP contribution is -2.28. The van der Waals surface area contributed by atoms with E-state index in [1.807, 2.05) is 30.3 Å². The third-order valence-corrected chi connectivity index (χ3v) is 6.38. The van der Waals surface area contributed by atoms with Crippen molar-refractivity contribution in [3.8, 4) is 0 Å². The predicted molar refractivity (Wildman–Crippen MR) is 123 cm³/mol. The monoisotopic (exact) mass is 439 g/mol. The van der Waals surface area contributed by atoms with Gasteiger partial charge < -0.3 is 16.0 Å². The number of anilines is 2. The van der Waals surface area contributed by atoms with Gasteiger partial charge >= 0.3 is 0 Å². The number of fused-ring (bicyclic) bond motifs is 1. The Hall–Kier alpha value is -2.67. The Morgan fingerprint density at radius 2 is 1.83 bits per heavy atom. The number of halogens is 1. The maximum absolute atomic E-state index is 13.0. The van der Waals surface area contributed by atoms with Gasteiger partial charge in [-0.15, -0.1) is 11.3 Å². The highest BCUT2D eigenvalue weighted by molar-refractivity contribution is 7.17. The van der Waals surface area contributed by atoms with E-state index in [0.717, 1.165) is 30.4 Å². The van der Waals surface area contributed by atoms with Crippen LogP contribution in [0.15, 0.2) is 54.6 Å². The number of aryl methyl sites for hydroxylation is 1. The summed E-state index contributed by atoms with van der Waals surface area (Å²) in [7, 11) is 0. The molecule has 2 amide bonds. The van der Waals surface area contributed by atoms with Gasteiger partial charge in [0.25, 0.3) is 5.91 Å². The Bertz CT molecular complexity index is 1070. The minimum absolute atomic E-state index is 0.164. The van der Waals surface area contributed by atoms with Gasteiger partial charge in [0.1, 0.15) is 5.00 Å². The second kappa shape index (κ2) is 9.43. The van der Waals surface area contributed by atoms with Crippen molar-refractivity contribution in [3.63, 3.8) is 0 Å². The number of amides is 2. The van der Waals surface area contributed by atoms with Crippen molar-refractivity contribution in [1.82, 2.24) is 5.32 Å². The van der Waals surface area contributed by atoms with Crippen LogP contribution in [0.1, 0.15) is 32.8 Å². The van der Waals surface area contributed by atoms with E-state index < -0.39 is 0 Å². The summed E-state index contributed by atoms with van der Waals surface area (Å²) in [5.74, 6) is -0.383. The summed E-state index contributed by atoms with van der Waals surface area (Å²) in [6.07, 6.45) is 2.83. The number of rotatable bonds is 7. The average Bonchev–Trinajstić information content (AvgIpc) is 3.29. The summed E-state index contributed by atoms with van der Waals surface area (Å²) in [6, 6.07) is 17.0. The van der Waals surface area contributed by atoms with E-state index in [2.05, 4.69) is 16.0 Å². The van der Waals surface area contributed by atoms with Gasteiger partial charge in [-0.2, -0.15) is 0 Å². The van der Waals surface area contributed by atoms with E-state index in [0.29, 0.717) is 27.8 Å². The molecule has 0 fully saturated rings. The Morgan fingerprint density at radius 3 is 2.63 bits per heavy atom. The lowest BCUT2D eigenvalue weighted by atomic mass is 10.1. The number of nitrogens with one attached hydrogen (secondary N) is 3. The molecule has 3 aromatic rings. The molecule has 0 unspecified atom stereocenters. The van der Waals surface area contributed by atoms with Crippen LogP contribution in [0.3, 0.4) is 0 Å². The number of carbonyl (C=O) groups is 2. The molecular weight excluding hydrogens is 418 g/mol. The zero-order chi connectivity index (χ0) is 20.9. The van der Waals surface area contributed by atoms with Gasteiger partial charge in [0, 0.05) is 22.1 Å². The Labute approximate surface area is 184 Å². The molecule has 1 heterocycles. The second-order valence-corrected chi connectivity index (χ2v) is 8.70. The van der Waals surface area contributed by atoms with Gasteiger partial charge in [0.2, 0.25) is 5.91 Å². The highest BCUT2D eigenvalue weighted by Crippen LogP contribution is 2.39. The van der Waals surface area contributed by atoms with Gasteiger partial charge in [0.05, 0.1) is 12.1 Å². The minimum Gasteiger partial charge on any atom is -0.322 e. The molecule has 1 aliphatic carbocycles. The van der Waals surface area contributed by atoms with Crippen LogP contribution in [0.5, 0.6) is 0 Å². The number of hydrogen-bond donors (Lipinski definition) is 3. The van der Waals surface area contributed by atoms with Crippen LogP contribution in [0.4, 0.5) is 10.7 Å². The molecule has 5 nitrogen and oxygen atoms in total. The van der Waals surface area contributed by atoms with Crippen molar-refractivity contribution in [2.24, 2.45) is 0 Å². The van der Waals surface area contributed by atoms with E-state index in [1.165, 1.54) is 16.2 Å². The quantitative estimate of drug-likeness (QED) is 0.491. The van der Waals surface area contributed by atoms with Crippen LogP contribution < -0.4 is 16.0 Å². The first kappa shape index (κ1) is 20.6. The lowest BCUT2D eigenvalue weighted by molar-refractivity contribution is -0.115. The van der Waals surface area contributed by atoms with Crippen molar-refractivity contribution in [3.05, 3.63) is 81.2 Å².